The molecule has 1 N–H and O–H groups in total. The molecule has 2 rings (SSSR count). The van der Waals surface area contributed by atoms with Crippen LogP contribution < -0.4 is 5.32 Å². The van der Waals surface area contributed by atoms with E-state index in [4.69, 9.17) is 12.2 Å². The first-order chi connectivity index (χ1) is 8.59. The summed E-state index contributed by atoms with van der Waals surface area (Å²) in [7, 11) is 1.56. The van der Waals surface area contributed by atoms with Crippen LogP contribution in [0, 0.1) is 5.92 Å². The monoisotopic (exact) mass is 267 g/mol. The van der Waals surface area contributed by atoms with Crippen molar-refractivity contribution < 1.29 is 9.59 Å². The first-order valence-corrected chi connectivity index (χ1v) is 6.66. The zero-order chi connectivity index (χ0) is 13.1. The number of hydrogen-bond donors (Lipinski definition) is 1. The summed E-state index contributed by atoms with van der Waals surface area (Å²) in [5, 5.41) is 2.66. The molecule has 2 fully saturated rings. The first kappa shape index (κ1) is 13.1. The number of rotatable bonds is 2. The summed E-state index contributed by atoms with van der Waals surface area (Å²) in [6.07, 6.45) is 7.20. The lowest BCUT2D eigenvalue weighted by molar-refractivity contribution is -0.137. The van der Waals surface area contributed by atoms with Crippen LogP contribution in [0.2, 0.25) is 0 Å². The maximum absolute atomic E-state index is 11.9. The van der Waals surface area contributed by atoms with Crippen LogP contribution in [0.3, 0.4) is 0 Å². The molecule has 1 saturated heterocycles. The van der Waals surface area contributed by atoms with E-state index in [1.54, 1.807) is 7.05 Å². The fraction of sp³-hybridized carbons (Fsp3) is 0.667. The standard InChI is InChI=1S/C12H17N3O2S/c1-15-11(17)9(10(16)14-12(15)18)7-13-8-5-3-2-4-6-8/h7-9H,2-6H2,1H3,(H,14,16,18)/t9-/m0/s1. The normalized spacial score (nSPS) is 26.8. The summed E-state index contributed by atoms with van der Waals surface area (Å²) in [6.45, 7) is 0. The SMILES string of the molecule is CN1C(=O)[C@@H](C=NC2CCCCC2)C(=O)NC1=S. The number of carbonyl (C=O) groups is 2. The zero-order valence-electron chi connectivity index (χ0n) is 10.4. The summed E-state index contributed by atoms with van der Waals surface area (Å²) >= 11 is 4.87. The van der Waals surface area contributed by atoms with E-state index < -0.39 is 5.92 Å². The highest BCUT2D eigenvalue weighted by Gasteiger charge is 2.35. The summed E-state index contributed by atoms with van der Waals surface area (Å²) in [4.78, 5) is 29.3. The van der Waals surface area contributed by atoms with Gasteiger partial charge in [0.25, 0.3) is 0 Å². The smallest absolute Gasteiger partial charge is 0.246 e. The Hall–Kier alpha value is -1.30. The molecule has 0 aromatic carbocycles. The van der Waals surface area contributed by atoms with Crippen molar-refractivity contribution in [1.29, 1.82) is 0 Å². The molecule has 2 amide bonds. The van der Waals surface area contributed by atoms with Crippen LogP contribution in [-0.4, -0.2) is 41.1 Å². The van der Waals surface area contributed by atoms with Gasteiger partial charge in [0.1, 0.15) is 0 Å². The van der Waals surface area contributed by atoms with Gasteiger partial charge in [-0.05, 0) is 25.1 Å². The molecular formula is C12H17N3O2S. The van der Waals surface area contributed by atoms with E-state index in [2.05, 4.69) is 10.3 Å². The minimum Gasteiger partial charge on any atom is -0.302 e. The van der Waals surface area contributed by atoms with Gasteiger partial charge in [-0.1, -0.05) is 19.3 Å². The number of nitrogens with zero attached hydrogens (tertiary/aromatic N) is 2. The Morgan fingerprint density at radius 2 is 2.00 bits per heavy atom. The van der Waals surface area contributed by atoms with E-state index in [0.717, 1.165) is 12.8 Å². The minimum atomic E-state index is -0.830. The zero-order valence-corrected chi connectivity index (χ0v) is 11.2. The highest BCUT2D eigenvalue weighted by Crippen LogP contribution is 2.20. The minimum absolute atomic E-state index is 0.160. The molecule has 0 spiro atoms. The van der Waals surface area contributed by atoms with Crippen LogP contribution in [0.4, 0.5) is 0 Å². The Morgan fingerprint density at radius 1 is 1.33 bits per heavy atom. The van der Waals surface area contributed by atoms with Crippen LogP contribution in [0.25, 0.3) is 0 Å². The Bertz CT molecular complexity index is 402. The lowest BCUT2D eigenvalue weighted by atomic mass is 9.96. The molecule has 0 unspecified atom stereocenters. The summed E-state index contributed by atoms with van der Waals surface area (Å²) < 4.78 is 0. The number of amides is 2. The number of thiocarbonyl (C=S) groups is 1. The van der Waals surface area contributed by atoms with Gasteiger partial charge in [-0.15, -0.1) is 0 Å². The highest BCUT2D eigenvalue weighted by atomic mass is 32.1. The third kappa shape index (κ3) is 2.75. The summed E-state index contributed by atoms with van der Waals surface area (Å²) in [5.74, 6) is -1.51. The van der Waals surface area contributed by atoms with Gasteiger partial charge in [-0.3, -0.25) is 19.5 Å². The first-order valence-electron chi connectivity index (χ1n) is 6.25. The van der Waals surface area contributed by atoms with Crippen LogP contribution in [0.1, 0.15) is 32.1 Å². The molecule has 6 heteroatoms. The topological polar surface area (TPSA) is 61.8 Å². The van der Waals surface area contributed by atoms with Crippen molar-refractivity contribution in [2.75, 3.05) is 7.05 Å². The second-order valence-electron chi connectivity index (χ2n) is 4.76. The quantitative estimate of drug-likeness (QED) is 0.459. The van der Waals surface area contributed by atoms with E-state index >= 15 is 0 Å². The number of carbonyl (C=O) groups excluding carboxylic acids is 2. The van der Waals surface area contributed by atoms with Gasteiger partial charge in [-0.25, -0.2) is 0 Å². The molecule has 1 atom stereocenters. The van der Waals surface area contributed by atoms with Crippen molar-refractivity contribution >= 4 is 35.4 Å². The second kappa shape index (κ2) is 5.56. The highest BCUT2D eigenvalue weighted by molar-refractivity contribution is 7.80. The Kier molecular flexibility index (Phi) is 4.06. The van der Waals surface area contributed by atoms with E-state index in [1.165, 1.54) is 30.4 Å². The number of nitrogens with one attached hydrogen (secondary N) is 1. The molecule has 18 heavy (non-hydrogen) atoms. The van der Waals surface area contributed by atoms with Crippen molar-refractivity contribution in [3.8, 4) is 0 Å². The van der Waals surface area contributed by atoms with Crippen molar-refractivity contribution in [1.82, 2.24) is 10.2 Å². The summed E-state index contributed by atoms with van der Waals surface area (Å²) in [5.41, 5.74) is 0. The molecule has 0 bridgehead atoms. The molecule has 0 aromatic heterocycles. The predicted molar refractivity (Wildman–Crippen MR) is 72.4 cm³/mol. The number of hydrogen-bond acceptors (Lipinski definition) is 4. The summed E-state index contributed by atoms with van der Waals surface area (Å²) in [6, 6.07) is 0.263. The Labute approximate surface area is 112 Å². The average Bonchev–Trinajstić information content (AvgIpc) is 2.37. The van der Waals surface area contributed by atoms with Gasteiger partial charge in [-0.2, -0.15) is 0 Å². The largest absolute Gasteiger partial charge is 0.302 e. The average molecular weight is 267 g/mol. The van der Waals surface area contributed by atoms with E-state index in [-0.39, 0.29) is 23.0 Å². The molecule has 1 aliphatic heterocycles. The lowest BCUT2D eigenvalue weighted by Gasteiger charge is -2.28. The third-order valence-electron chi connectivity index (χ3n) is 3.43. The van der Waals surface area contributed by atoms with E-state index in [9.17, 15) is 9.59 Å². The van der Waals surface area contributed by atoms with Gasteiger partial charge in [0.15, 0.2) is 11.0 Å². The molecule has 2 aliphatic rings. The second-order valence-corrected chi connectivity index (χ2v) is 5.15. The molecule has 98 valence electrons. The van der Waals surface area contributed by atoms with Crippen LogP contribution in [0.5, 0.6) is 0 Å². The maximum atomic E-state index is 11.9. The predicted octanol–water partition coefficient (Wildman–Crippen LogP) is 0.879. The van der Waals surface area contributed by atoms with Crippen molar-refractivity contribution in [2.45, 2.75) is 38.1 Å². The molecule has 0 radical (unpaired) electrons. The van der Waals surface area contributed by atoms with Crippen LogP contribution in [-0.2, 0) is 9.59 Å². The molecular weight excluding hydrogens is 250 g/mol. The molecule has 1 saturated carbocycles. The Balaban J connectivity index is 2.02. The number of aliphatic imine (C=N–C) groups is 1. The van der Waals surface area contributed by atoms with Gasteiger partial charge >= 0.3 is 0 Å². The van der Waals surface area contributed by atoms with Crippen molar-refractivity contribution in [3.05, 3.63) is 0 Å². The van der Waals surface area contributed by atoms with Gasteiger partial charge in [0.05, 0.1) is 0 Å². The lowest BCUT2D eigenvalue weighted by Crippen LogP contribution is -2.56. The molecule has 1 heterocycles. The maximum Gasteiger partial charge on any atom is 0.246 e. The van der Waals surface area contributed by atoms with Crippen molar-refractivity contribution in [2.24, 2.45) is 10.9 Å². The fourth-order valence-corrected chi connectivity index (χ4v) is 2.45. The van der Waals surface area contributed by atoms with Gasteiger partial charge in [0.2, 0.25) is 11.8 Å². The fourth-order valence-electron chi connectivity index (χ4n) is 2.26. The molecule has 5 nitrogen and oxygen atoms in total. The van der Waals surface area contributed by atoms with Gasteiger partial charge < -0.3 is 5.32 Å². The Morgan fingerprint density at radius 3 is 2.67 bits per heavy atom. The van der Waals surface area contributed by atoms with E-state index in [1.807, 2.05) is 0 Å². The third-order valence-corrected chi connectivity index (χ3v) is 3.81. The van der Waals surface area contributed by atoms with Gasteiger partial charge in [0, 0.05) is 19.3 Å². The van der Waals surface area contributed by atoms with Crippen molar-refractivity contribution in [3.63, 3.8) is 0 Å². The van der Waals surface area contributed by atoms with E-state index in [0.29, 0.717) is 0 Å². The van der Waals surface area contributed by atoms with Crippen LogP contribution >= 0.6 is 12.2 Å². The molecule has 1 aliphatic carbocycles. The molecule has 0 aromatic rings. The van der Waals surface area contributed by atoms with Crippen LogP contribution in [0.15, 0.2) is 4.99 Å².